The first kappa shape index (κ1) is 7.02. The van der Waals surface area contributed by atoms with Crippen molar-refractivity contribution in [1.82, 2.24) is 4.98 Å². The Morgan fingerprint density at radius 2 is 2.44 bits per heavy atom. The van der Waals surface area contributed by atoms with Gasteiger partial charge in [0, 0.05) is 6.20 Å². The van der Waals surface area contributed by atoms with Crippen LogP contribution in [0.3, 0.4) is 0 Å². The van der Waals surface area contributed by atoms with Crippen molar-refractivity contribution in [3.8, 4) is 0 Å². The summed E-state index contributed by atoms with van der Waals surface area (Å²) in [6.07, 6.45) is 1.71. The molecule has 0 fully saturated rings. The highest BCUT2D eigenvalue weighted by molar-refractivity contribution is 14.1. The summed E-state index contributed by atoms with van der Waals surface area (Å²) in [5, 5.41) is 8.67. The van der Waals surface area contributed by atoms with Gasteiger partial charge in [-0.25, -0.2) is 0 Å². The van der Waals surface area contributed by atoms with Crippen LogP contribution >= 0.6 is 22.6 Å². The summed E-state index contributed by atoms with van der Waals surface area (Å²) in [4.78, 5) is 3.98. The van der Waals surface area contributed by atoms with E-state index in [2.05, 4.69) is 27.6 Å². The van der Waals surface area contributed by atoms with E-state index in [-0.39, 0.29) is 7.48 Å². The average molecular weight is 233 g/mol. The first-order valence-electron chi connectivity index (χ1n) is 2.55. The first-order valence-corrected chi connectivity index (χ1v) is 3.62. The van der Waals surface area contributed by atoms with Crippen molar-refractivity contribution in [3.05, 3.63) is 22.0 Å². The van der Waals surface area contributed by atoms with Crippen LogP contribution in [0.2, 0.25) is 0 Å². The quantitative estimate of drug-likeness (QED) is 0.408. The molecule has 0 radical (unpaired) electrons. The van der Waals surface area contributed by atoms with Gasteiger partial charge in [-0.2, -0.15) is 0 Å². The number of halogens is 1. The lowest BCUT2D eigenvalue weighted by Gasteiger charge is -1.93. The number of aromatic nitrogens is 1. The first-order chi connectivity index (χ1) is 4.34. The number of rotatable bonds is 1. The van der Waals surface area contributed by atoms with E-state index in [0.29, 0.717) is 0 Å². The Kier molecular flexibility index (Phi) is 2.47. The van der Waals surface area contributed by atoms with Gasteiger partial charge in [-0.15, -0.1) is 0 Å². The Hall–Kier alpha value is -0.0951. The monoisotopic (exact) mass is 233 g/mol. The second-order valence-electron chi connectivity index (χ2n) is 1.61. The van der Waals surface area contributed by atoms with Crippen molar-refractivity contribution in [3.63, 3.8) is 0 Å². The van der Waals surface area contributed by atoms with Gasteiger partial charge in [0.25, 0.3) is 0 Å². The molecule has 0 bridgehead atoms. The summed E-state index contributed by atoms with van der Waals surface area (Å²) < 4.78 is 0.873. The number of hydrogen-bond acceptors (Lipinski definition) is 2. The summed E-state index contributed by atoms with van der Waals surface area (Å²) in [6.45, 7) is 0. The molecular formula is C5H5BINO. The van der Waals surface area contributed by atoms with Gasteiger partial charge < -0.3 is 5.02 Å². The van der Waals surface area contributed by atoms with Gasteiger partial charge in [0.05, 0.1) is 3.70 Å². The van der Waals surface area contributed by atoms with Crippen molar-refractivity contribution in [2.45, 2.75) is 0 Å². The van der Waals surface area contributed by atoms with Crippen molar-refractivity contribution in [2.75, 3.05) is 0 Å². The van der Waals surface area contributed by atoms with E-state index in [1.165, 1.54) is 0 Å². The van der Waals surface area contributed by atoms with Gasteiger partial charge in [-0.1, -0.05) is 6.07 Å². The molecule has 0 aliphatic heterocycles. The molecule has 1 rings (SSSR count). The Morgan fingerprint density at radius 3 is 2.89 bits per heavy atom. The van der Waals surface area contributed by atoms with Crippen molar-refractivity contribution >= 4 is 35.5 Å². The van der Waals surface area contributed by atoms with Gasteiger partial charge in [0.15, 0.2) is 0 Å². The standard InChI is InChI=1S/C5H5BINO/c7-5-4(6-9)2-1-3-8-5/h1-3,6,9H. The minimum Gasteiger partial charge on any atom is -0.449 e. The molecule has 46 valence electrons. The Bertz CT molecular complexity index is 206. The van der Waals surface area contributed by atoms with Gasteiger partial charge in [0.2, 0.25) is 0 Å². The average Bonchev–Trinajstić information content (AvgIpc) is 1.89. The fraction of sp³-hybridized carbons (Fsp3) is 0. The second-order valence-corrected chi connectivity index (χ2v) is 2.63. The number of pyridine rings is 1. The molecule has 0 spiro atoms. The topological polar surface area (TPSA) is 33.1 Å². The van der Waals surface area contributed by atoms with E-state index < -0.39 is 0 Å². The van der Waals surface area contributed by atoms with Crippen LogP contribution in [0.15, 0.2) is 18.3 Å². The van der Waals surface area contributed by atoms with E-state index in [0.717, 1.165) is 9.16 Å². The van der Waals surface area contributed by atoms with E-state index in [1.54, 1.807) is 6.20 Å². The highest BCUT2D eigenvalue weighted by Crippen LogP contribution is 1.92. The van der Waals surface area contributed by atoms with Crippen LogP contribution in [0.1, 0.15) is 0 Å². The van der Waals surface area contributed by atoms with E-state index in [1.807, 2.05) is 12.1 Å². The Labute approximate surface area is 67.7 Å². The Morgan fingerprint density at radius 1 is 1.67 bits per heavy atom. The molecule has 0 aliphatic carbocycles. The normalized spacial score (nSPS) is 9.11. The lowest BCUT2D eigenvalue weighted by molar-refractivity contribution is 0.615. The zero-order valence-electron chi connectivity index (χ0n) is 4.71. The van der Waals surface area contributed by atoms with Crippen LogP contribution in [0, 0.1) is 3.70 Å². The summed E-state index contributed by atoms with van der Waals surface area (Å²) in [7, 11) is 0.0755. The molecule has 9 heavy (non-hydrogen) atoms. The van der Waals surface area contributed by atoms with Crippen LogP contribution < -0.4 is 5.46 Å². The van der Waals surface area contributed by atoms with E-state index in [4.69, 9.17) is 5.02 Å². The van der Waals surface area contributed by atoms with Crippen molar-refractivity contribution < 1.29 is 5.02 Å². The van der Waals surface area contributed by atoms with Crippen LogP contribution in [0.4, 0.5) is 0 Å². The van der Waals surface area contributed by atoms with E-state index >= 15 is 0 Å². The summed E-state index contributed by atoms with van der Waals surface area (Å²) in [5.41, 5.74) is 0.887. The van der Waals surface area contributed by atoms with E-state index in [9.17, 15) is 0 Å². The largest absolute Gasteiger partial charge is 0.449 e. The summed E-state index contributed by atoms with van der Waals surface area (Å²) in [5.74, 6) is 0. The molecule has 0 atom stereocenters. The SMILES string of the molecule is OBc1cccnc1I. The fourth-order valence-electron chi connectivity index (χ4n) is 0.537. The van der Waals surface area contributed by atoms with Gasteiger partial charge >= 0.3 is 7.48 Å². The molecule has 0 aromatic carbocycles. The summed E-state index contributed by atoms with van der Waals surface area (Å²) in [6, 6.07) is 3.67. The highest BCUT2D eigenvalue weighted by atomic mass is 127. The lowest BCUT2D eigenvalue weighted by atomic mass is 9.91. The molecule has 1 aromatic rings. The molecule has 1 heterocycles. The predicted molar refractivity (Wildman–Crippen MR) is 46.0 cm³/mol. The smallest absolute Gasteiger partial charge is 0.307 e. The predicted octanol–water partition coefficient (Wildman–Crippen LogP) is -0.345. The molecule has 4 heteroatoms. The number of nitrogens with zero attached hydrogens (tertiary/aromatic N) is 1. The minimum absolute atomic E-state index is 0.0755. The molecule has 0 saturated carbocycles. The second kappa shape index (κ2) is 3.17. The Balaban J connectivity index is 3.01. The molecule has 0 amide bonds. The van der Waals surface area contributed by atoms with Gasteiger partial charge in [-0.3, -0.25) is 4.98 Å². The molecule has 0 saturated heterocycles. The maximum Gasteiger partial charge on any atom is 0.307 e. The lowest BCUT2D eigenvalue weighted by Crippen LogP contribution is -2.17. The molecular weight excluding hydrogens is 228 g/mol. The molecule has 1 N–H and O–H groups in total. The van der Waals surface area contributed by atoms with Crippen LogP contribution in [-0.4, -0.2) is 17.5 Å². The van der Waals surface area contributed by atoms with Crippen LogP contribution in [-0.2, 0) is 0 Å². The highest BCUT2D eigenvalue weighted by Gasteiger charge is 1.96. The van der Waals surface area contributed by atoms with Crippen molar-refractivity contribution in [1.29, 1.82) is 0 Å². The maximum absolute atomic E-state index is 8.67. The third-order valence-electron chi connectivity index (χ3n) is 1.01. The minimum atomic E-state index is 0.0755. The molecule has 0 aliphatic rings. The maximum atomic E-state index is 8.67. The third-order valence-corrected chi connectivity index (χ3v) is 1.98. The molecule has 0 unspecified atom stereocenters. The molecule has 1 aromatic heterocycles. The van der Waals surface area contributed by atoms with Gasteiger partial charge in [-0.05, 0) is 34.1 Å². The zero-order valence-corrected chi connectivity index (χ0v) is 6.87. The summed E-state index contributed by atoms with van der Waals surface area (Å²) >= 11 is 2.09. The molecule has 2 nitrogen and oxygen atoms in total. The zero-order chi connectivity index (χ0) is 6.69. The van der Waals surface area contributed by atoms with Gasteiger partial charge in [0.1, 0.15) is 0 Å². The fourth-order valence-corrected chi connectivity index (χ4v) is 1.05. The third kappa shape index (κ3) is 1.66. The van der Waals surface area contributed by atoms with Crippen LogP contribution in [0.5, 0.6) is 0 Å². The van der Waals surface area contributed by atoms with Crippen molar-refractivity contribution in [2.24, 2.45) is 0 Å². The van der Waals surface area contributed by atoms with Crippen LogP contribution in [0.25, 0.3) is 0 Å². The number of hydrogen-bond donors (Lipinski definition) is 1.